The molecule has 0 saturated heterocycles. The summed E-state index contributed by atoms with van der Waals surface area (Å²) in [5.41, 5.74) is 8.73. The molecule has 0 saturated carbocycles. The lowest BCUT2D eigenvalue weighted by Crippen LogP contribution is -2.25. The van der Waals surface area contributed by atoms with Gasteiger partial charge in [0, 0.05) is 40.0 Å². The van der Waals surface area contributed by atoms with Crippen LogP contribution in [-0.2, 0) is 11.3 Å². The molecule has 3 aromatic carbocycles. The summed E-state index contributed by atoms with van der Waals surface area (Å²) in [5.74, 6) is -0.592. The van der Waals surface area contributed by atoms with E-state index in [1.165, 1.54) is 5.56 Å². The van der Waals surface area contributed by atoms with Crippen molar-refractivity contribution in [2.75, 3.05) is 6.54 Å². The molecular weight excluding hydrogens is 550 g/mol. The van der Waals surface area contributed by atoms with Crippen molar-refractivity contribution in [3.63, 3.8) is 0 Å². The van der Waals surface area contributed by atoms with Gasteiger partial charge in [0.1, 0.15) is 5.69 Å². The Morgan fingerprint density at radius 2 is 1.74 bits per heavy atom. The van der Waals surface area contributed by atoms with Crippen molar-refractivity contribution in [2.45, 2.75) is 45.6 Å². The summed E-state index contributed by atoms with van der Waals surface area (Å²) in [6, 6.07) is 24.1. The number of hydrogen-bond acceptors (Lipinski definition) is 4. The van der Waals surface area contributed by atoms with Crippen LogP contribution in [0.25, 0.3) is 33.3 Å². The molecule has 216 valence electrons. The summed E-state index contributed by atoms with van der Waals surface area (Å²) >= 11 is 6.36. The number of nitrogens with zero attached hydrogens (tertiary/aromatic N) is 2. The van der Waals surface area contributed by atoms with Crippen molar-refractivity contribution in [1.82, 2.24) is 25.6 Å². The van der Waals surface area contributed by atoms with E-state index in [4.69, 9.17) is 21.9 Å². The molecule has 5 rings (SSSR count). The molecule has 0 aliphatic heterocycles. The van der Waals surface area contributed by atoms with E-state index in [0.717, 1.165) is 58.1 Å². The molecule has 0 radical (unpaired) electrons. The predicted molar refractivity (Wildman–Crippen MR) is 166 cm³/mol. The van der Waals surface area contributed by atoms with Crippen molar-refractivity contribution in [3.05, 3.63) is 101 Å². The Kier molecular flexibility index (Phi) is 9.36. The first-order chi connectivity index (χ1) is 20.4. The number of aromatic amines is 1. The van der Waals surface area contributed by atoms with Crippen LogP contribution in [0.4, 0.5) is 0 Å². The van der Waals surface area contributed by atoms with Crippen LogP contribution in [0.3, 0.4) is 0 Å². The van der Waals surface area contributed by atoms with Gasteiger partial charge in [0.05, 0.1) is 18.4 Å². The largest absolute Gasteiger partial charge is 0.351 e. The monoisotopic (exact) mass is 583 g/mol. The first kappa shape index (κ1) is 29.1. The van der Waals surface area contributed by atoms with Crippen molar-refractivity contribution in [1.29, 1.82) is 0 Å². The molecule has 0 aliphatic rings. The fourth-order valence-electron chi connectivity index (χ4n) is 5.16. The number of nitrogens with one attached hydrogen (secondary N) is 3. The normalized spacial score (nSPS) is 11.1. The van der Waals surface area contributed by atoms with Crippen LogP contribution >= 0.6 is 11.6 Å². The number of halogens is 1. The number of aromatic nitrogens is 3. The summed E-state index contributed by atoms with van der Waals surface area (Å²) < 4.78 is 1.96. The zero-order chi connectivity index (χ0) is 29.5. The third-order valence-electron chi connectivity index (χ3n) is 7.34. The SMILES string of the molecule is Cc1ccc(Cn2ncc(-c3ccccc3)c2-c2c(C(=O)NCCCCCCC(=O)NO)[nH]c3cc(Cl)ccc23)cc1. The van der Waals surface area contributed by atoms with Crippen LogP contribution in [0, 0.1) is 6.92 Å². The van der Waals surface area contributed by atoms with Gasteiger partial charge < -0.3 is 10.3 Å². The maximum Gasteiger partial charge on any atom is 0.268 e. The third kappa shape index (κ3) is 6.73. The minimum absolute atomic E-state index is 0.209. The molecule has 2 heterocycles. The molecule has 42 heavy (non-hydrogen) atoms. The Morgan fingerprint density at radius 3 is 2.50 bits per heavy atom. The van der Waals surface area contributed by atoms with Crippen molar-refractivity contribution < 1.29 is 14.8 Å². The van der Waals surface area contributed by atoms with Gasteiger partial charge in [0.2, 0.25) is 5.91 Å². The van der Waals surface area contributed by atoms with Crippen LogP contribution in [0.15, 0.2) is 79.0 Å². The van der Waals surface area contributed by atoms with Gasteiger partial charge in [-0.15, -0.1) is 0 Å². The van der Waals surface area contributed by atoms with Crippen LogP contribution in [-0.4, -0.2) is 38.3 Å². The van der Waals surface area contributed by atoms with Crippen molar-refractivity contribution in [2.24, 2.45) is 0 Å². The lowest BCUT2D eigenvalue weighted by molar-refractivity contribution is -0.129. The van der Waals surface area contributed by atoms with Gasteiger partial charge in [0.15, 0.2) is 0 Å². The van der Waals surface area contributed by atoms with Gasteiger partial charge in [0.25, 0.3) is 5.91 Å². The van der Waals surface area contributed by atoms with E-state index in [2.05, 4.69) is 41.5 Å². The van der Waals surface area contributed by atoms with E-state index in [1.54, 1.807) is 5.48 Å². The lowest BCUT2D eigenvalue weighted by Gasteiger charge is -2.13. The van der Waals surface area contributed by atoms with Gasteiger partial charge in [-0.25, -0.2) is 5.48 Å². The summed E-state index contributed by atoms with van der Waals surface area (Å²) in [6.45, 7) is 3.10. The number of carbonyl (C=O) groups excluding carboxylic acids is 2. The summed E-state index contributed by atoms with van der Waals surface area (Å²) in [7, 11) is 0. The minimum atomic E-state index is -0.383. The molecule has 5 aromatic rings. The average Bonchev–Trinajstić information content (AvgIpc) is 3.58. The van der Waals surface area contributed by atoms with Crippen LogP contribution in [0.5, 0.6) is 0 Å². The van der Waals surface area contributed by atoms with Gasteiger partial charge in [-0.1, -0.05) is 90.7 Å². The first-order valence-electron chi connectivity index (χ1n) is 14.1. The average molecular weight is 584 g/mol. The van der Waals surface area contributed by atoms with E-state index < -0.39 is 0 Å². The number of hydroxylamine groups is 1. The highest BCUT2D eigenvalue weighted by atomic mass is 35.5. The van der Waals surface area contributed by atoms with Gasteiger partial charge in [-0.05, 0) is 43.0 Å². The van der Waals surface area contributed by atoms with E-state index in [9.17, 15) is 9.59 Å². The van der Waals surface area contributed by atoms with Crippen LogP contribution in [0.2, 0.25) is 5.02 Å². The lowest BCUT2D eigenvalue weighted by atomic mass is 9.98. The number of rotatable bonds is 12. The highest BCUT2D eigenvalue weighted by Crippen LogP contribution is 2.40. The van der Waals surface area contributed by atoms with Crippen LogP contribution in [0.1, 0.15) is 53.7 Å². The molecule has 4 N–H and O–H groups in total. The first-order valence-corrected chi connectivity index (χ1v) is 14.5. The quantitative estimate of drug-likeness (QED) is 0.0727. The number of carbonyl (C=O) groups is 2. The number of unbranched alkanes of at least 4 members (excludes halogenated alkanes) is 3. The van der Waals surface area contributed by atoms with Crippen molar-refractivity contribution >= 4 is 34.3 Å². The number of amides is 2. The summed E-state index contributed by atoms with van der Waals surface area (Å²) in [5, 5.41) is 18.0. The fraction of sp³-hybridized carbons (Fsp3) is 0.242. The molecule has 0 bridgehead atoms. The van der Waals surface area contributed by atoms with Crippen LogP contribution < -0.4 is 10.8 Å². The summed E-state index contributed by atoms with van der Waals surface area (Å²) in [4.78, 5) is 28.2. The Balaban J connectivity index is 1.49. The second-order valence-corrected chi connectivity index (χ2v) is 10.9. The van der Waals surface area contributed by atoms with E-state index in [1.807, 2.05) is 59.4 Å². The topological polar surface area (TPSA) is 112 Å². The van der Waals surface area contributed by atoms with Crippen molar-refractivity contribution in [3.8, 4) is 22.4 Å². The Labute approximate surface area is 249 Å². The standard InChI is InChI=1S/C33H34ClN5O3/c1-22-12-14-23(15-13-22)21-39-32(27(20-36-39)24-9-5-4-6-10-24)30-26-17-16-25(34)19-28(26)37-31(30)33(41)35-18-8-3-2-7-11-29(40)38-42/h4-6,9-10,12-17,19-20,37,42H,2-3,7-8,11,18,21H2,1H3,(H,35,41)(H,38,40). The second-order valence-electron chi connectivity index (χ2n) is 10.4. The smallest absolute Gasteiger partial charge is 0.268 e. The van der Waals surface area contributed by atoms with Gasteiger partial charge >= 0.3 is 0 Å². The number of hydrogen-bond donors (Lipinski definition) is 4. The minimum Gasteiger partial charge on any atom is -0.351 e. The maximum atomic E-state index is 13.7. The molecule has 0 aliphatic carbocycles. The highest BCUT2D eigenvalue weighted by Gasteiger charge is 2.25. The van der Waals surface area contributed by atoms with Gasteiger partial charge in [-0.3, -0.25) is 19.5 Å². The Hall–Kier alpha value is -4.40. The fourth-order valence-corrected chi connectivity index (χ4v) is 5.33. The number of H-pyrrole nitrogens is 1. The Bertz CT molecular complexity index is 1680. The maximum absolute atomic E-state index is 13.7. The zero-order valence-electron chi connectivity index (χ0n) is 23.5. The Morgan fingerprint density at radius 1 is 0.976 bits per heavy atom. The predicted octanol–water partition coefficient (Wildman–Crippen LogP) is 6.89. The highest BCUT2D eigenvalue weighted by molar-refractivity contribution is 6.31. The van der Waals surface area contributed by atoms with Gasteiger partial charge in [-0.2, -0.15) is 5.10 Å². The molecule has 0 fully saturated rings. The molecule has 0 spiro atoms. The number of fused-ring (bicyclic) bond motifs is 1. The zero-order valence-corrected chi connectivity index (χ0v) is 24.2. The second kappa shape index (κ2) is 13.5. The molecule has 9 heteroatoms. The molecule has 8 nitrogen and oxygen atoms in total. The third-order valence-corrected chi connectivity index (χ3v) is 7.58. The number of benzene rings is 3. The molecular formula is C33H34ClN5O3. The van der Waals surface area contributed by atoms with E-state index in [0.29, 0.717) is 30.2 Å². The molecule has 0 atom stereocenters. The number of aryl methyl sites for hydroxylation is 1. The molecule has 0 unspecified atom stereocenters. The molecule has 2 aromatic heterocycles. The molecule has 2 amide bonds. The van der Waals surface area contributed by atoms with E-state index in [-0.39, 0.29) is 18.2 Å². The van der Waals surface area contributed by atoms with E-state index >= 15 is 0 Å². The summed E-state index contributed by atoms with van der Waals surface area (Å²) in [6.07, 6.45) is 5.29.